The third-order valence-corrected chi connectivity index (χ3v) is 24.3. The quantitative estimate of drug-likeness (QED) is 0.0522. The zero-order valence-electron chi connectivity index (χ0n) is 58.4. The maximum Gasteiger partial charge on any atom is 0.344 e. The van der Waals surface area contributed by atoms with E-state index in [4.69, 9.17) is 61.6 Å². The molecule has 6 fully saturated rings. The lowest BCUT2D eigenvalue weighted by atomic mass is 9.47. The van der Waals surface area contributed by atoms with E-state index in [9.17, 15) is 39.9 Å². The minimum absolute atomic E-state index is 0.0301. The van der Waals surface area contributed by atoms with Gasteiger partial charge in [0.1, 0.15) is 35.6 Å². The van der Waals surface area contributed by atoms with Crippen LogP contribution in [-0.2, 0) is 74.3 Å². The second-order valence-electron chi connectivity index (χ2n) is 29.2. The van der Waals surface area contributed by atoms with Gasteiger partial charge in [0.15, 0.2) is 41.7 Å². The van der Waals surface area contributed by atoms with E-state index in [1.54, 1.807) is 38.3 Å². The standard InChI is InChI=1S/C46H58N4O9.C29H32O13/c1-8-42(54)23-28-24-45(40(52)57-6,36-30(15-19-49(25-28)26-42)29-13-10-11-14-33(29)47-36)32-21-31-34(22-35(32)56-5)48(4)38-44(31)17-20-50-18-12-16-43(9-2,37(44)50)39(59-27(3)51)46(38,55)41(53)58-7;1-11-36-9-20-27(40-11)24(31)25(32)29(41-20)42-26-14-7-17-16(38-10-39-17)6-13(14)21(22-15(26)8-37-28(22)33)12-4-18(34-2)23(30)19(5-12)35-3/h10-14,16,21-22,28,37-39,47,54-55H,8-9,15,17-20,23-26H2,1-7H3;4-7,11,15,20-22,24-27,29-32H,8-10H2,1-3H3/t28-,37-,38+,39+,42-,43+,44+,45-,46-;11-,15?,20-,21-,22+,24-,25-,26?,27-,29+/m01/s1. The summed E-state index contributed by atoms with van der Waals surface area (Å²) in [6.45, 7) is 10.6. The number of methoxy groups -OCH3 is 5. The van der Waals surface area contributed by atoms with Gasteiger partial charge in [-0.25, -0.2) is 4.79 Å². The van der Waals surface area contributed by atoms with E-state index in [1.807, 2.05) is 50.1 Å². The van der Waals surface area contributed by atoms with Crippen LogP contribution >= 0.6 is 0 Å². The molecule has 0 radical (unpaired) electrons. The number of likely N-dealkylation sites (N-methyl/N-ethyl adjacent to an activating group) is 1. The number of aliphatic hydroxyl groups is 4. The topological polar surface area (TPSA) is 315 Å². The summed E-state index contributed by atoms with van der Waals surface area (Å²) in [5.41, 5.74) is 0.389. The summed E-state index contributed by atoms with van der Waals surface area (Å²) in [5, 5.41) is 58.8. The second kappa shape index (κ2) is 25.6. The van der Waals surface area contributed by atoms with Gasteiger partial charge in [0, 0.05) is 103 Å². The predicted molar refractivity (Wildman–Crippen MR) is 359 cm³/mol. The number of carbonyl (C=O) groups excluding carboxylic acids is 4. The highest BCUT2D eigenvalue weighted by molar-refractivity contribution is 5.95. The number of nitrogens with one attached hydrogen (secondary N) is 1. The molecule has 101 heavy (non-hydrogen) atoms. The molecule has 1 aromatic heterocycles. The van der Waals surface area contributed by atoms with Gasteiger partial charge in [-0.2, -0.15) is 0 Å². The van der Waals surface area contributed by atoms with E-state index in [1.165, 1.54) is 35.4 Å². The van der Waals surface area contributed by atoms with Gasteiger partial charge in [0.05, 0.1) is 72.4 Å². The van der Waals surface area contributed by atoms with E-state index in [0.29, 0.717) is 111 Å². The van der Waals surface area contributed by atoms with Crippen molar-refractivity contribution in [1.29, 1.82) is 0 Å². The minimum Gasteiger partial charge on any atom is -0.502 e. The molecule has 10 heterocycles. The van der Waals surface area contributed by atoms with Crippen molar-refractivity contribution < 1.29 is 106 Å². The van der Waals surface area contributed by atoms with E-state index in [0.717, 1.165) is 33.4 Å². The molecule has 26 heteroatoms. The number of aromatic amines is 1. The van der Waals surface area contributed by atoms with Crippen molar-refractivity contribution in [3.05, 3.63) is 112 Å². The van der Waals surface area contributed by atoms with Crippen molar-refractivity contribution in [3.8, 4) is 34.5 Å². The summed E-state index contributed by atoms with van der Waals surface area (Å²) in [4.78, 5) is 66.5. The molecule has 20 atom stereocenters. The highest BCUT2D eigenvalue weighted by Gasteiger charge is 2.80. The molecule has 5 saturated heterocycles. The summed E-state index contributed by atoms with van der Waals surface area (Å²) in [5.74, 6) is -2.59. The Morgan fingerprint density at radius 3 is 2.22 bits per heavy atom. The first-order chi connectivity index (χ1) is 48.5. The number of nitrogens with zero attached hydrogens (tertiary/aromatic N) is 3. The van der Waals surface area contributed by atoms with Crippen LogP contribution in [0, 0.1) is 23.2 Å². The Kier molecular flexibility index (Phi) is 17.5. The molecule has 26 nitrogen and oxygen atoms in total. The summed E-state index contributed by atoms with van der Waals surface area (Å²) < 4.78 is 75.5. The molecule has 0 amide bonds. The fourth-order valence-electron chi connectivity index (χ4n) is 20.2. The van der Waals surface area contributed by atoms with Gasteiger partial charge in [0.2, 0.25) is 18.1 Å². The number of aromatic hydroxyl groups is 1. The Bertz CT molecular complexity index is 4120. The molecular formula is C75H90N4O22. The van der Waals surface area contributed by atoms with E-state index < -0.39 is 124 Å². The van der Waals surface area contributed by atoms with Crippen molar-refractivity contribution in [2.75, 3.05) is 100 Å². The molecular weight excluding hydrogens is 1310 g/mol. The first-order valence-corrected chi connectivity index (χ1v) is 35.0. The maximum atomic E-state index is 15.3. The van der Waals surface area contributed by atoms with Crippen LogP contribution in [0.4, 0.5) is 5.69 Å². The van der Waals surface area contributed by atoms with Crippen LogP contribution in [0.25, 0.3) is 10.9 Å². The zero-order chi connectivity index (χ0) is 71.1. The first-order valence-electron chi connectivity index (χ1n) is 35.0. The SMILES string of the molecule is CC[C@]1(O)C[C@@H]2CN(CCc3c([nH]c4ccccc34)[C@@](C(=O)OC)(c3cc4c(cc3OC)N(C)[C@H]3[C@@](O)(C(=O)OC)[C@H](OC(C)=O)[C@]5(CC)C=CCN6CC[C@]43[C@@H]65)C2)C1.COc1cc([C@@H]2c3cc4c(cc3C(O[C@@H]3O[C@@H]5CO[C@@H](C)O[C@H]5[C@H](O)[C@H]3O)C3COC(=O)[C@@H]32)OCO4)cc(OC)c1O. The lowest BCUT2D eigenvalue weighted by Crippen LogP contribution is -2.81. The predicted octanol–water partition coefficient (Wildman–Crippen LogP) is 5.33. The number of fused-ring (bicyclic) bond motifs is 10. The summed E-state index contributed by atoms with van der Waals surface area (Å²) >= 11 is 0. The van der Waals surface area contributed by atoms with Gasteiger partial charge < -0.3 is 97.0 Å². The number of carbonyl (C=O) groups is 4. The van der Waals surface area contributed by atoms with Gasteiger partial charge in [-0.15, -0.1) is 0 Å². The largest absolute Gasteiger partial charge is 0.502 e. The van der Waals surface area contributed by atoms with Crippen LogP contribution in [0.15, 0.2) is 72.8 Å². The Hall–Kier alpha value is -7.76. The highest BCUT2D eigenvalue weighted by atomic mass is 16.8. The molecule has 542 valence electrons. The monoisotopic (exact) mass is 1400 g/mol. The average molecular weight is 1400 g/mol. The van der Waals surface area contributed by atoms with Crippen molar-refractivity contribution >= 4 is 40.5 Å². The third kappa shape index (κ3) is 10.3. The number of benzene rings is 4. The molecule has 2 bridgehead atoms. The van der Waals surface area contributed by atoms with Crippen LogP contribution in [-0.4, -0.2) is 226 Å². The number of aliphatic hydroxyl groups excluding tert-OH is 2. The van der Waals surface area contributed by atoms with Crippen LogP contribution < -0.4 is 28.6 Å². The molecule has 16 rings (SSSR count). The molecule has 1 spiro atoms. The van der Waals surface area contributed by atoms with E-state index >= 15 is 4.79 Å². The van der Waals surface area contributed by atoms with Crippen LogP contribution in [0.5, 0.6) is 34.5 Å². The van der Waals surface area contributed by atoms with Gasteiger partial charge in [-0.3, -0.25) is 24.2 Å². The number of esters is 4. The van der Waals surface area contributed by atoms with Crippen LogP contribution in [0.1, 0.15) is 111 Å². The zero-order valence-corrected chi connectivity index (χ0v) is 58.4. The Morgan fingerprint density at radius 2 is 1.52 bits per heavy atom. The fourth-order valence-corrected chi connectivity index (χ4v) is 20.2. The molecule has 11 aliphatic rings. The summed E-state index contributed by atoms with van der Waals surface area (Å²) in [7, 11) is 9.01. The molecule has 3 unspecified atom stereocenters. The summed E-state index contributed by atoms with van der Waals surface area (Å²) in [6.07, 6.45) is -0.852. The van der Waals surface area contributed by atoms with Crippen molar-refractivity contribution in [1.82, 2.24) is 14.8 Å². The number of piperidine rings is 1. The van der Waals surface area contributed by atoms with E-state index in [2.05, 4.69) is 39.1 Å². The number of phenols is 1. The number of hydrogen-bond donors (Lipinski definition) is 6. The fraction of sp³-hybridized carbons (Fsp3) is 0.573. The number of rotatable bonds is 12. The molecule has 6 N–H and O–H groups in total. The molecule has 9 aliphatic heterocycles. The lowest BCUT2D eigenvalue weighted by molar-refractivity contribution is -0.364. The normalized spacial score (nSPS) is 36.8. The van der Waals surface area contributed by atoms with Gasteiger partial charge in [-0.05, 0) is 122 Å². The Morgan fingerprint density at radius 1 is 0.802 bits per heavy atom. The Balaban J connectivity index is 0.000000173. The van der Waals surface area contributed by atoms with E-state index in [-0.39, 0.29) is 49.2 Å². The molecule has 5 aromatic rings. The van der Waals surface area contributed by atoms with Crippen molar-refractivity contribution in [2.24, 2.45) is 23.2 Å². The number of hydrogen-bond acceptors (Lipinski definition) is 25. The minimum atomic E-state index is -2.30. The average Bonchev–Trinajstić information content (AvgIpc) is 1.51. The van der Waals surface area contributed by atoms with Gasteiger partial charge in [-0.1, -0.05) is 44.2 Å². The number of para-hydroxylation sites is 1. The number of cyclic esters (lactones) is 1. The molecule has 4 aromatic carbocycles. The van der Waals surface area contributed by atoms with Crippen molar-refractivity contribution in [3.63, 3.8) is 0 Å². The second-order valence-corrected chi connectivity index (χ2v) is 29.2. The molecule has 1 saturated carbocycles. The third-order valence-electron chi connectivity index (χ3n) is 24.3. The van der Waals surface area contributed by atoms with Crippen LogP contribution in [0.3, 0.4) is 0 Å². The van der Waals surface area contributed by atoms with Gasteiger partial charge >= 0.3 is 23.9 Å². The smallest absolute Gasteiger partial charge is 0.344 e. The number of aromatic nitrogens is 1. The van der Waals surface area contributed by atoms with Crippen molar-refractivity contribution in [2.45, 2.75) is 155 Å². The first kappa shape index (κ1) is 69.0. The number of H-pyrrole nitrogens is 1. The Labute approximate surface area is 584 Å². The summed E-state index contributed by atoms with van der Waals surface area (Å²) in [6, 6.07) is 17.9. The number of anilines is 1. The molecule has 2 aliphatic carbocycles. The number of ether oxygens (including phenoxy) is 13. The highest BCUT2D eigenvalue weighted by Crippen LogP contribution is 2.69. The lowest BCUT2D eigenvalue weighted by Gasteiger charge is -2.63. The van der Waals surface area contributed by atoms with Crippen LogP contribution in [0.2, 0.25) is 0 Å². The van der Waals surface area contributed by atoms with Gasteiger partial charge in [0.25, 0.3) is 0 Å². The number of phenolic OH excluding ortho intramolecular Hbond substituents is 1. The maximum absolute atomic E-state index is 15.3.